The number of amides is 1. The molecule has 2 heterocycles. The van der Waals surface area contributed by atoms with Gasteiger partial charge in [-0.15, -0.1) is 0 Å². The molecule has 2 rings (SSSR count). The molecule has 1 saturated heterocycles. The molecule has 0 aromatic carbocycles. The van der Waals surface area contributed by atoms with Crippen LogP contribution < -0.4 is 20.7 Å². The van der Waals surface area contributed by atoms with E-state index in [1.165, 1.54) is 7.11 Å². The van der Waals surface area contributed by atoms with Gasteiger partial charge in [-0.05, 0) is 13.5 Å². The van der Waals surface area contributed by atoms with Gasteiger partial charge in [-0.3, -0.25) is 9.69 Å². The van der Waals surface area contributed by atoms with Crippen molar-refractivity contribution in [2.75, 3.05) is 45.3 Å². The van der Waals surface area contributed by atoms with Gasteiger partial charge in [-0.2, -0.15) is 4.98 Å². The lowest BCUT2D eigenvalue weighted by Gasteiger charge is -2.21. The zero-order chi connectivity index (χ0) is 16.8. The van der Waals surface area contributed by atoms with Crippen molar-refractivity contribution in [2.24, 2.45) is 0 Å². The number of nitrogens with one attached hydrogen (secondary N) is 3. The van der Waals surface area contributed by atoms with E-state index < -0.39 is 0 Å². The lowest BCUT2D eigenvalue weighted by molar-refractivity contribution is 0.0933. The highest BCUT2D eigenvalue weighted by Crippen LogP contribution is 2.23. The number of aromatic nitrogens is 2. The van der Waals surface area contributed by atoms with Crippen molar-refractivity contribution in [3.05, 3.63) is 10.8 Å². The fraction of sp³-hybridized carbons (Fsp3) is 0.643. The van der Waals surface area contributed by atoms with E-state index in [2.05, 4.69) is 37.7 Å². The molecule has 1 unspecified atom stereocenters. The highest BCUT2D eigenvalue weighted by atomic mass is 35.5. The first-order valence-electron chi connectivity index (χ1n) is 7.69. The minimum absolute atomic E-state index is 0.0909. The van der Waals surface area contributed by atoms with Gasteiger partial charge in [0.05, 0.1) is 7.11 Å². The van der Waals surface area contributed by atoms with Crippen molar-refractivity contribution in [1.29, 1.82) is 0 Å². The molecule has 8 nitrogen and oxygen atoms in total. The Morgan fingerprint density at radius 1 is 1.48 bits per heavy atom. The zero-order valence-corrected chi connectivity index (χ0v) is 14.4. The number of hydrogen-bond donors (Lipinski definition) is 3. The van der Waals surface area contributed by atoms with Gasteiger partial charge in [0.15, 0.2) is 16.7 Å². The Hall–Kier alpha value is -1.64. The van der Waals surface area contributed by atoms with Crippen molar-refractivity contribution in [2.45, 2.75) is 19.9 Å². The van der Waals surface area contributed by atoms with Crippen LogP contribution in [0.1, 0.15) is 24.3 Å². The predicted molar refractivity (Wildman–Crippen MR) is 89.1 cm³/mol. The van der Waals surface area contributed by atoms with E-state index >= 15 is 0 Å². The molecule has 1 amide bonds. The number of ether oxygens (including phenoxy) is 1. The first-order chi connectivity index (χ1) is 11.1. The molecule has 0 aliphatic carbocycles. The van der Waals surface area contributed by atoms with Crippen LogP contribution in [0, 0.1) is 0 Å². The molecular formula is C14H23ClN6O2. The molecule has 9 heteroatoms. The van der Waals surface area contributed by atoms with E-state index in [9.17, 15) is 4.79 Å². The third-order valence-corrected chi connectivity index (χ3v) is 3.95. The number of hydrogen-bond acceptors (Lipinski definition) is 7. The third kappa shape index (κ3) is 4.21. The molecule has 1 aromatic rings. The average Bonchev–Trinajstić information content (AvgIpc) is 3.01. The molecule has 1 aliphatic rings. The van der Waals surface area contributed by atoms with Crippen molar-refractivity contribution in [3.8, 4) is 5.88 Å². The SMILES string of the molecule is CCNc1nc(OC)c(C(=O)NCC2CNCN2CC)nc1Cl. The quantitative estimate of drug-likeness (QED) is 0.666. The Bertz CT molecular complexity index is 556. The minimum atomic E-state index is -0.345. The van der Waals surface area contributed by atoms with Crippen molar-refractivity contribution in [1.82, 2.24) is 25.5 Å². The summed E-state index contributed by atoms with van der Waals surface area (Å²) in [6.07, 6.45) is 0. The van der Waals surface area contributed by atoms with Crippen molar-refractivity contribution < 1.29 is 9.53 Å². The van der Waals surface area contributed by atoms with Gasteiger partial charge in [0.25, 0.3) is 5.91 Å². The number of methoxy groups -OCH3 is 1. The van der Waals surface area contributed by atoms with E-state index in [-0.39, 0.29) is 28.7 Å². The van der Waals surface area contributed by atoms with Crippen LogP contribution in [0.3, 0.4) is 0 Å². The highest BCUT2D eigenvalue weighted by Gasteiger charge is 2.25. The number of likely N-dealkylation sites (N-methyl/N-ethyl adjacent to an activating group) is 1. The number of carbonyl (C=O) groups is 1. The summed E-state index contributed by atoms with van der Waals surface area (Å²) < 4.78 is 5.17. The Morgan fingerprint density at radius 3 is 2.91 bits per heavy atom. The molecule has 0 bridgehead atoms. The first kappa shape index (κ1) is 17.7. The van der Waals surface area contributed by atoms with E-state index in [1.807, 2.05) is 6.92 Å². The molecule has 0 radical (unpaired) electrons. The second-order valence-electron chi connectivity index (χ2n) is 5.13. The van der Waals surface area contributed by atoms with Gasteiger partial charge in [0.2, 0.25) is 5.88 Å². The van der Waals surface area contributed by atoms with Gasteiger partial charge < -0.3 is 20.7 Å². The summed E-state index contributed by atoms with van der Waals surface area (Å²) >= 11 is 6.06. The zero-order valence-electron chi connectivity index (χ0n) is 13.6. The van der Waals surface area contributed by atoms with E-state index in [1.54, 1.807) is 0 Å². The molecule has 1 aromatic heterocycles. The van der Waals surface area contributed by atoms with Crippen LogP contribution in [-0.4, -0.2) is 66.8 Å². The van der Waals surface area contributed by atoms with E-state index in [0.717, 1.165) is 19.8 Å². The Balaban J connectivity index is 2.07. The van der Waals surface area contributed by atoms with Crippen molar-refractivity contribution in [3.63, 3.8) is 0 Å². The number of halogens is 1. The Morgan fingerprint density at radius 2 is 2.26 bits per heavy atom. The molecule has 3 N–H and O–H groups in total. The lowest BCUT2D eigenvalue weighted by atomic mass is 10.2. The predicted octanol–water partition coefficient (Wildman–Crippen LogP) is 0.551. The number of nitrogens with zero attached hydrogens (tertiary/aromatic N) is 3. The topological polar surface area (TPSA) is 91.4 Å². The molecule has 0 saturated carbocycles. The lowest BCUT2D eigenvalue weighted by Crippen LogP contribution is -2.41. The Labute approximate surface area is 141 Å². The van der Waals surface area contributed by atoms with Gasteiger partial charge in [-0.1, -0.05) is 18.5 Å². The fourth-order valence-corrected chi connectivity index (χ4v) is 2.66. The highest BCUT2D eigenvalue weighted by molar-refractivity contribution is 6.31. The molecule has 1 fully saturated rings. The largest absolute Gasteiger partial charge is 0.479 e. The monoisotopic (exact) mass is 342 g/mol. The summed E-state index contributed by atoms with van der Waals surface area (Å²) in [6.45, 7) is 7.79. The summed E-state index contributed by atoms with van der Waals surface area (Å²) in [5.41, 5.74) is 0.0909. The smallest absolute Gasteiger partial charge is 0.275 e. The van der Waals surface area contributed by atoms with Gasteiger partial charge in [-0.25, -0.2) is 4.98 Å². The minimum Gasteiger partial charge on any atom is -0.479 e. The van der Waals surface area contributed by atoms with Crippen LogP contribution in [-0.2, 0) is 0 Å². The van der Waals surface area contributed by atoms with Crippen LogP contribution in [0.2, 0.25) is 5.15 Å². The number of rotatable bonds is 7. The molecule has 128 valence electrons. The Kier molecular flexibility index (Phi) is 6.37. The van der Waals surface area contributed by atoms with Gasteiger partial charge in [0.1, 0.15) is 0 Å². The van der Waals surface area contributed by atoms with Crippen molar-refractivity contribution >= 4 is 23.3 Å². The molecular weight excluding hydrogens is 320 g/mol. The summed E-state index contributed by atoms with van der Waals surface area (Å²) in [4.78, 5) is 23.0. The molecule has 23 heavy (non-hydrogen) atoms. The van der Waals surface area contributed by atoms with Crippen LogP contribution >= 0.6 is 11.6 Å². The molecule has 1 atom stereocenters. The van der Waals surface area contributed by atoms with Gasteiger partial charge in [0, 0.05) is 32.3 Å². The number of anilines is 1. The maximum absolute atomic E-state index is 12.4. The summed E-state index contributed by atoms with van der Waals surface area (Å²) in [5, 5.41) is 9.28. The maximum Gasteiger partial charge on any atom is 0.275 e. The average molecular weight is 343 g/mol. The second kappa shape index (κ2) is 8.28. The summed E-state index contributed by atoms with van der Waals surface area (Å²) in [7, 11) is 1.45. The second-order valence-corrected chi connectivity index (χ2v) is 5.49. The summed E-state index contributed by atoms with van der Waals surface area (Å²) in [5.74, 6) is 0.210. The van der Waals surface area contributed by atoms with Crippen LogP contribution in [0.15, 0.2) is 0 Å². The van der Waals surface area contributed by atoms with Crippen LogP contribution in [0.4, 0.5) is 5.82 Å². The van der Waals surface area contributed by atoms with Gasteiger partial charge >= 0.3 is 0 Å². The first-order valence-corrected chi connectivity index (χ1v) is 8.06. The number of carbonyl (C=O) groups excluding carboxylic acids is 1. The molecule has 1 aliphatic heterocycles. The standard InChI is InChI=1S/C14H23ClN6O2/c1-4-17-12-11(15)19-10(14(20-12)23-3)13(22)18-7-9-6-16-8-21(9)5-2/h9,16H,4-8H2,1-3H3,(H,17,20)(H,18,22). The van der Waals surface area contributed by atoms with E-state index in [4.69, 9.17) is 16.3 Å². The summed E-state index contributed by atoms with van der Waals surface area (Å²) in [6, 6.07) is 0.263. The normalized spacial score (nSPS) is 18.0. The fourth-order valence-electron chi connectivity index (χ4n) is 2.47. The van der Waals surface area contributed by atoms with E-state index in [0.29, 0.717) is 18.9 Å². The van der Waals surface area contributed by atoms with Crippen LogP contribution in [0.5, 0.6) is 5.88 Å². The third-order valence-electron chi connectivity index (χ3n) is 3.69. The maximum atomic E-state index is 12.4. The van der Waals surface area contributed by atoms with Crippen LogP contribution in [0.25, 0.3) is 0 Å². The molecule has 0 spiro atoms.